The number of hydrogen-bond acceptors (Lipinski definition) is 2. The molecule has 0 aromatic heterocycles. The van der Waals surface area contributed by atoms with Crippen LogP contribution in [0.1, 0.15) is 39.5 Å². The molecular formula is C11H21NO. The highest BCUT2D eigenvalue weighted by atomic mass is 16.5. The van der Waals surface area contributed by atoms with Crippen molar-refractivity contribution >= 4 is 0 Å². The van der Waals surface area contributed by atoms with Crippen molar-refractivity contribution in [2.75, 3.05) is 13.2 Å². The van der Waals surface area contributed by atoms with Crippen molar-refractivity contribution in [3.63, 3.8) is 0 Å². The van der Waals surface area contributed by atoms with Crippen molar-refractivity contribution in [2.45, 2.75) is 51.6 Å². The van der Waals surface area contributed by atoms with Crippen molar-refractivity contribution in [1.29, 1.82) is 0 Å². The van der Waals surface area contributed by atoms with Crippen molar-refractivity contribution in [2.24, 2.45) is 5.41 Å². The summed E-state index contributed by atoms with van der Waals surface area (Å²) in [5, 5.41) is 3.72. The number of nitrogens with one attached hydrogen (secondary N) is 1. The molecule has 0 aromatic carbocycles. The van der Waals surface area contributed by atoms with Crippen molar-refractivity contribution < 1.29 is 4.74 Å². The summed E-state index contributed by atoms with van der Waals surface area (Å²) in [4.78, 5) is 0. The quantitative estimate of drug-likeness (QED) is 0.706. The van der Waals surface area contributed by atoms with E-state index < -0.39 is 0 Å². The van der Waals surface area contributed by atoms with Crippen LogP contribution in [-0.2, 0) is 4.74 Å². The first-order valence-electron chi connectivity index (χ1n) is 5.52. The molecule has 76 valence electrons. The molecule has 2 rings (SSSR count). The molecule has 1 unspecified atom stereocenters. The third kappa shape index (κ3) is 2.05. The van der Waals surface area contributed by atoms with E-state index in [9.17, 15) is 0 Å². The lowest BCUT2D eigenvalue weighted by atomic mass is 9.67. The molecule has 0 spiro atoms. The summed E-state index contributed by atoms with van der Waals surface area (Å²) in [5.41, 5.74) is 0.525. The molecule has 2 heteroatoms. The molecule has 13 heavy (non-hydrogen) atoms. The van der Waals surface area contributed by atoms with Gasteiger partial charge in [0, 0.05) is 18.7 Å². The average Bonchev–Trinajstić information content (AvgIpc) is 2.15. The van der Waals surface area contributed by atoms with Gasteiger partial charge in [0.2, 0.25) is 0 Å². The zero-order valence-corrected chi connectivity index (χ0v) is 8.81. The minimum absolute atomic E-state index is 0.525. The maximum atomic E-state index is 5.46. The third-order valence-electron chi connectivity index (χ3n) is 3.62. The minimum atomic E-state index is 0.525. The summed E-state index contributed by atoms with van der Waals surface area (Å²) in [6.07, 6.45) is 5.25. The van der Waals surface area contributed by atoms with Gasteiger partial charge in [-0.2, -0.15) is 0 Å². The number of hydrogen-bond donors (Lipinski definition) is 1. The maximum absolute atomic E-state index is 5.46. The van der Waals surface area contributed by atoms with E-state index in [1.165, 1.54) is 25.7 Å². The molecule has 1 saturated carbocycles. The third-order valence-corrected chi connectivity index (χ3v) is 3.62. The molecule has 1 saturated heterocycles. The Kier molecular flexibility index (Phi) is 2.61. The second kappa shape index (κ2) is 3.58. The Labute approximate surface area is 81.0 Å². The SMILES string of the molecule is CC1(C)CCC1N[C@H]1CCCOC1. The fourth-order valence-corrected chi connectivity index (χ4v) is 2.33. The number of rotatable bonds is 2. The lowest BCUT2D eigenvalue weighted by Crippen LogP contribution is -2.55. The fourth-order valence-electron chi connectivity index (χ4n) is 2.33. The molecule has 2 nitrogen and oxygen atoms in total. The Hall–Kier alpha value is -0.0800. The lowest BCUT2D eigenvalue weighted by Gasteiger charge is -2.47. The standard InChI is InChI=1S/C11H21NO/c1-11(2)6-5-10(11)12-9-4-3-7-13-8-9/h9-10,12H,3-8H2,1-2H3/t9-,10?/m0/s1. The van der Waals surface area contributed by atoms with Gasteiger partial charge in [-0.15, -0.1) is 0 Å². The molecule has 1 aliphatic carbocycles. The van der Waals surface area contributed by atoms with E-state index >= 15 is 0 Å². The molecule has 2 aliphatic rings. The predicted molar refractivity (Wildman–Crippen MR) is 53.8 cm³/mol. The van der Waals surface area contributed by atoms with Gasteiger partial charge in [-0.25, -0.2) is 0 Å². The van der Waals surface area contributed by atoms with Crippen LogP contribution in [0.15, 0.2) is 0 Å². The van der Waals surface area contributed by atoms with E-state index in [1.54, 1.807) is 0 Å². The van der Waals surface area contributed by atoms with Crippen LogP contribution < -0.4 is 5.32 Å². The van der Waals surface area contributed by atoms with E-state index in [4.69, 9.17) is 4.74 Å². The molecule has 1 heterocycles. The highest BCUT2D eigenvalue weighted by molar-refractivity contribution is 4.95. The van der Waals surface area contributed by atoms with Gasteiger partial charge in [-0.05, 0) is 31.1 Å². The highest BCUT2D eigenvalue weighted by Gasteiger charge is 2.39. The van der Waals surface area contributed by atoms with Crippen LogP contribution in [0.5, 0.6) is 0 Å². The van der Waals surface area contributed by atoms with Gasteiger partial charge in [0.15, 0.2) is 0 Å². The summed E-state index contributed by atoms with van der Waals surface area (Å²) >= 11 is 0. The van der Waals surface area contributed by atoms with Gasteiger partial charge in [-0.1, -0.05) is 13.8 Å². The Morgan fingerprint density at radius 3 is 2.62 bits per heavy atom. The summed E-state index contributed by atoms with van der Waals surface area (Å²) in [7, 11) is 0. The van der Waals surface area contributed by atoms with Crippen LogP contribution in [0.4, 0.5) is 0 Å². The normalized spacial score (nSPS) is 38.3. The molecule has 0 amide bonds. The smallest absolute Gasteiger partial charge is 0.0619 e. The molecule has 1 aliphatic heterocycles. The Balaban J connectivity index is 1.77. The highest BCUT2D eigenvalue weighted by Crippen LogP contribution is 2.40. The van der Waals surface area contributed by atoms with Gasteiger partial charge < -0.3 is 10.1 Å². The topological polar surface area (TPSA) is 21.3 Å². The second-order valence-corrected chi connectivity index (χ2v) is 5.16. The van der Waals surface area contributed by atoms with Gasteiger partial charge in [0.05, 0.1) is 6.61 Å². The van der Waals surface area contributed by atoms with E-state index in [2.05, 4.69) is 19.2 Å². The average molecular weight is 183 g/mol. The largest absolute Gasteiger partial charge is 0.380 e. The Morgan fingerprint density at radius 1 is 1.31 bits per heavy atom. The Morgan fingerprint density at radius 2 is 2.15 bits per heavy atom. The monoisotopic (exact) mass is 183 g/mol. The van der Waals surface area contributed by atoms with Crippen LogP contribution in [0.2, 0.25) is 0 Å². The first-order valence-corrected chi connectivity index (χ1v) is 5.52. The summed E-state index contributed by atoms with van der Waals surface area (Å²) in [5.74, 6) is 0. The molecule has 0 aromatic rings. The van der Waals surface area contributed by atoms with Gasteiger partial charge in [0.25, 0.3) is 0 Å². The second-order valence-electron chi connectivity index (χ2n) is 5.16. The zero-order valence-electron chi connectivity index (χ0n) is 8.81. The summed E-state index contributed by atoms with van der Waals surface area (Å²) in [6, 6.07) is 1.36. The van der Waals surface area contributed by atoms with Crippen molar-refractivity contribution in [3.05, 3.63) is 0 Å². The molecule has 2 atom stereocenters. The first-order chi connectivity index (χ1) is 6.18. The Bertz CT molecular complexity index is 173. The van der Waals surface area contributed by atoms with E-state index in [-0.39, 0.29) is 0 Å². The maximum Gasteiger partial charge on any atom is 0.0619 e. The predicted octanol–water partition coefficient (Wildman–Crippen LogP) is 1.94. The molecule has 0 radical (unpaired) electrons. The first kappa shape index (κ1) is 9.47. The minimum Gasteiger partial charge on any atom is -0.380 e. The van der Waals surface area contributed by atoms with Gasteiger partial charge >= 0.3 is 0 Å². The van der Waals surface area contributed by atoms with Crippen molar-refractivity contribution in [3.8, 4) is 0 Å². The lowest BCUT2D eigenvalue weighted by molar-refractivity contribution is 0.0346. The van der Waals surface area contributed by atoms with Crippen LogP contribution in [0, 0.1) is 5.41 Å². The summed E-state index contributed by atoms with van der Waals surface area (Å²) < 4.78 is 5.46. The summed E-state index contributed by atoms with van der Waals surface area (Å²) in [6.45, 7) is 6.61. The van der Waals surface area contributed by atoms with E-state index in [1.807, 2.05) is 0 Å². The molecule has 2 fully saturated rings. The van der Waals surface area contributed by atoms with Gasteiger partial charge in [-0.3, -0.25) is 0 Å². The van der Waals surface area contributed by atoms with Crippen LogP contribution in [0.3, 0.4) is 0 Å². The van der Waals surface area contributed by atoms with Crippen LogP contribution >= 0.6 is 0 Å². The van der Waals surface area contributed by atoms with Crippen LogP contribution in [0.25, 0.3) is 0 Å². The van der Waals surface area contributed by atoms with Crippen LogP contribution in [-0.4, -0.2) is 25.3 Å². The van der Waals surface area contributed by atoms with E-state index in [0.717, 1.165) is 19.3 Å². The molecular weight excluding hydrogens is 162 g/mol. The zero-order chi connectivity index (χ0) is 9.31. The molecule has 1 N–H and O–H groups in total. The fraction of sp³-hybridized carbons (Fsp3) is 1.00. The van der Waals surface area contributed by atoms with Crippen molar-refractivity contribution in [1.82, 2.24) is 5.32 Å². The van der Waals surface area contributed by atoms with E-state index in [0.29, 0.717) is 11.5 Å². The molecule has 0 bridgehead atoms. The number of ether oxygens (including phenoxy) is 1. The van der Waals surface area contributed by atoms with Gasteiger partial charge in [0.1, 0.15) is 0 Å².